The van der Waals surface area contributed by atoms with Crippen LogP contribution in [0.4, 0.5) is 0 Å². The van der Waals surface area contributed by atoms with Crippen LogP contribution in [-0.2, 0) is 20.5 Å². The zero-order valence-corrected chi connectivity index (χ0v) is 18.0. The molecule has 1 spiro atoms. The van der Waals surface area contributed by atoms with E-state index < -0.39 is 11.0 Å². The maximum Gasteiger partial charge on any atom is 0.339 e. The van der Waals surface area contributed by atoms with Gasteiger partial charge in [0.15, 0.2) is 5.60 Å². The van der Waals surface area contributed by atoms with Gasteiger partial charge in [0.1, 0.15) is 0 Å². The third-order valence-electron chi connectivity index (χ3n) is 7.68. The molecule has 0 bridgehead atoms. The zero-order valence-electron chi connectivity index (χ0n) is 18.0. The average Bonchev–Trinajstić information content (AvgIpc) is 3.15. The molecular formula is C26H26N2O4. The van der Waals surface area contributed by atoms with Crippen molar-refractivity contribution in [2.45, 2.75) is 43.1 Å². The molecule has 6 nitrogen and oxygen atoms in total. The van der Waals surface area contributed by atoms with Crippen LogP contribution in [0, 0.1) is 0 Å². The molecule has 6 rings (SSSR count). The normalized spacial score (nSPS) is 25.2. The molecule has 0 aromatic heterocycles. The molecule has 1 unspecified atom stereocenters. The molecule has 3 heterocycles. The van der Waals surface area contributed by atoms with E-state index in [1.54, 1.807) is 6.07 Å². The van der Waals surface area contributed by atoms with Crippen LogP contribution in [-0.4, -0.2) is 53.8 Å². The number of esters is 1. The minimum atomic E-state index is -0.717. The average molecular weight is 431 g/mol. The lowest BCUT2D eigenvalue weighted by Gasteiger charge is -2.27. The quantitative estimate of drug-likeness (QED) is 0.701. The highest BCUT2D eigenvalue weighted by atomic mass is 16.6. The molecule has 0 N–H and O–H groups in total. The van der Waals surface area contributed by atoms with Gasteiger partial charge >= 0.3 is 5.97 Å². The topological polar surface area (TPSA) is 66.9 Å². The van der Waals surface area contributed by atoms with Crippen LogP contribution >= 0.6 is 0 Å². The number of benzene rings is 2. The van der Waals surface area contributed by atoms with Crippen LogP contribution in [0.5, 0.6) is 0 Å². The van der Waals surface area contributed by atoms with Crippen LogP contribution in [0.3, 0.4) is 0 Å². The third-order valence-corrected chi connectivity index (χ3v) is 7.68. The van der Waals surface area contributed by atoms with Gasteiger partial charge in [0.25, 0.3) is 5.91 Å². The second-order valence-corrected chi connectivity index (χ2v) is 9.56. The first kappa shape index (κ1) is 19.5. The fourth-order valence-corrected chi connectivity index (χ4v) is 5.69. The van der Waals surface area contributed by atoms with Gasteiger partial charge in [-0.15, -0.1) is 0 Å². The minimum absolute atomic E-state index is 0.0772. The summed E-state index contributed by atoms with van der Waals surface area (Å²) in [4.78, 5) is 42.4. The van der Waals surface area contributed by atoms with Gasteiger partial charge in [-0.1, -0.05) is 30.3 Å². The first-order valence-electron chi connectivity index (χ1n) is 11.5. The van der Waals surface area contributed by atoms with E-state index in [0.717, 1.165) is 49.9 Å². The predicted octanol–water partition coefficient (Wildman–Crippen LogP) is 3.25. The molecule has 2 saturated heterocycles. The van der Waals surface area contributed by atoms with E-state index in [9.17, 15) is 14.4 Å². The zero-order chi connectivity index (χ0) is 21.9. The Morgan fingerprint density at radius 3 is 2.28 bits per heavy atom. The van der Waals surface area contributed by atoms with E-state index in [-0.39, 0.29) is 17.8 Å². The van der Waals surface area contributed by atoms with Gasteiger partial charge in [0.05, 0.1) is 17.5 Å². The lowest BCUT2D eigenvalue weighted by molar-refractivity contribution is -0.134. The van der Waals surface area contributed by atoms with Crippen molar-refractivity contribution < 1.29 is 19.1 Å². The van der Waals surface area contributed by atoms with Crippen LogP contribution in [0.25, 0.3) is 0 Å². The standard InChI is InChI=1S/C26H26N2O4/c29-22(27-14-3-4-15-27)18-7-9-19(10-8-18)25(11-12-25)24(31)28-16-13-26(17-28)21-6-2-1-5-20(21)23(30)32-26/h1-2,5-10H,3-4,11-17H2. The molecule has 2 aromatic rings. The molecule has 2 aromatic carbocycles. The van der Waals surface area contributed by atoms with E-state index in [1.807, 2.05) is 52.3 Å². The summed E-state index contributed by atoms with van der Waals surface area (Å²) < 4.78 is 5.82. The van der Waals surface area contributed by atoms with Gasteiger partial charge in [-0.05, 0) is 49.4 Å². The van der Waals surface area contributed by atoms with Gasteiger partial charge < -0.3 is 14.5 Å². The van der Waals surface area contributed by atoms with Crippen molar-refractivity contribution >= 4 is 17.8 Å². The Morgan fingerprint density at radius 2 is 1.56 bits per heavy atom. The first-order valence-corrected chi connectivity index (χ1v) is 11.5. The van der Waals surface area contributed by atoms with Gasteiger partial charge in [-0.3, -0.25) is 9.59 Å². The number of hydrogen-bond donors (Lipinski definition) is 0. The van der Waals surface area contributed by atoms with Crippen LogP contribution < -0.4 is 0 Å². The molecule has 1 aliphatic carbocycles. The monoisotopic (exact) mass is 430 g/mol. The highest BCUT2D eigenvalue weighted by molar-refractivity contribution is 5.97. The summed E-state index contributed by atoms with van der Waals surface area (Å²) in [7, 11) is 0. The van der Waals surface area contributed by atoms with Gasteiger partial charge in [0.2, 0.25) is 5.91 Å². The highest BCUT2D eigenvalue weighted by Crippen LogP contribution is 2.52. The van der Waals surface area contributed by atoms with Crippen LogP contribution in [0.2, 0.25) is 0 Å². The molecule has 32 heavy (non-hydrogen) atoms. The van der Waals surface area contributed by atoms with Crippen molar-refractivity contribution in [3.8, 4) is 0 Å². The van der Waals surface area contributed by atoms with Crippen molar-refractivity contribution in [3.05, 3.63) is 70.8 Å². The smallest absolute Gasteiger partial charge is 0.339 e. The van der Waals surface area contributed by atoms with Crippen molar-refractivity contribution in [2.75, 3.05) is 26.2 Å². The summed E-state index contributed by atoms with van der Waals surface area (Å²) in [5.41, 5.74) is 1.95. The molecular weight excluding hydrogens is 404 g/mol. The highest BCUT2D eigenvalue weighted by Gasteiger charge is 2.57. The minimum Gasteiger partial charge on any atom is -0.449 e. The summed E-state index contributed by atoms with van der Waals surface area (Å²) in [6.45, 7) is 2.64. The molecule has 6 heteroatoms. The second-order valence-electron chi connectivity index (χ2n) is 9.56. The summed E-state index contributed by atoms with van der Waals surface area (Å²) >= 11 is 0. The number of nitrogens with zero attached hydrogens (tertiary/aromatic N) is 2. The van der Waals surface area contributed by atoms with E-state index >= 15 is 0 Å². The Morgan fingerprint density at radius 1 is 0.844 bits per heavy atom. The van der Waals surface area contributed by atoms with Crippen molar-refractivity contribution in [1.82, 2.24) is 9.80 Å². The molecule has 2 amide bonds. The lowest BCUT2D eigenvalue weighted by Crippen LogP contribution is -2.40. The number of ether oxygens (including phenoxy) is 1. The second kappa shape index (κ2) is 6.92. The molecule has 3 fully saturated rings. The SMILES string of the molecule is O=C1OC2(CCN(C(=O)C3(c4ccc(C(=O)N5CCCC5)cc4)CC3)C2)c2ccccc21. The number of hydrogen-bond acceptors (Lipinski definition) is 4. The summed E-state index contributed by atoms with van der Waals surface area (Å²) in [6.07, 6.45) is 4.38. The molecule has 3 aliphatic heterocycles. The molecule has 1 saturated carbocycles. The van der Waals surface area contributed by atoms with Gasteiger partial charge in [0, 0.05) is 37.2 Å². The van der Waals surface area contributed by atoms with Crippen molar-refractivity contribution in [2.24, 2.45) is 0 Å². The number of carbonyl (C=O) groups excluding carboxylic acids is 3. The van der Waals surface area contributed by atoms with E-state index in [4.69, 9.17) is 4.74 Å². The number of fused-ring (bicyclic) bond motifs is 2. The van der Waals surface area contributed by atoms with Crippen molar-refractivity contribution in [1.29, 1.82) is 0 Å². The van der Waals surface area contributed by atoms with E-state index in [0.29, 0.717) is 30.6 Å². The molecule has 164 valence electrons. The largest absolute Gasteiger partial charge is 0.449 e. The predicted molar refractivity (Wildman–Crippen MR) is 117 cm³/mol. The third kappa shape index (κ3) is 2.81. The van der Waals surface area contributed by atoms with Crippen LogP contribution in [0.15, 0.2) is 48.5 Å². The van der Waals surface area contributed by atoms with Crippen LogP contribution in [0.1, 0.15) is 63.9 Å². The maximum absolute atomic E-state index is 13.6. The van der Waals surface area contributed by atoms with E-state index in [2.05, 4.69) is 0 Å². The first-order chi connectivity index (χ1) is 15.5. The maximum atomic E-state index is 13.6. The molecule has 0 radical (unpaired) electrons. The lowest BCUT2D eigenvalue weighted by atomic mass is 9.91. The summed E-state index contributed by atoms with van der Waals surface area (Å²) in [5, 5.41) is 0. The fourth-order valence-electron chi connectivity index (χ4n) is 5.69. The molecule has 4 aliphatic rings. The van der Waals surface area contributed by atoms with Gasteiger partial charge in [-0.25, -0.2) is 4.79 Å². The Bertz CT molecular complexity index is 1110. The number of amides is 2. The number of likely N-dealkylation sites (tertiary alicyclic amines) is 2. The Hall–Kier alpha value is -3.15. The summed E-state index contributed by atoms with van der Waals surface area (Å²) in [5.74, 6) is -0.115. The van der Waals surface area contributed by atoms with Gasteiger partial charge in [-0.2, -0.15) is 0 Å². The Kier molecular flexibility index (Phi) is 4.23. The Labute approximate surface area is 187 Å². The Balaban J connectivity index is 1.21. The fraction of sp³-hybridized carbons (Fsp3) is 0.423. The van der Waals surface area contributed by atoms with Crippen molar-refractivity contribution in [3.63, 3.8) is 0 Å². The number of rotatable bonds is 3. The number of carbonyl (C=O) groups is 3. The summed E-state index contributed by atoms with van der Waals surface area (Å²) in [6, 6.07) is 15.1. The molecule has 1 atom stereocenters. The van der Waals surface area contributed by atoms with E-state index in [1.165, 1.54) is 0 Å².